The van der Waals surface area contributed by atoms with E-state index in [1.54, 1.807) is 6.92 Å². The predicted molar refractivity (Wildman–Crippen MR) is 63.8 cm³/mol. The fourth-order valence-corrected chi connectivity index (χ4v) is 1.62. The van der Waals surface area contributed by atoms with E-state index in [9.17, 15) is 4.79 Å². The first-order chi connectivity index (χ1) is 7.98. The summed E-state index contributed by atoms with van der Waals surface area (Å²) in [6.45, 7) is 3.59. The molecule has 17 heavy (non-hydrogen) atoms. The molecular weight excluding hydrogens is 222 g/mol. The first-order valence-corrected chi connectivity index (χ1v) is 5.82. The molecule has 6 nitrogen and oxygen atoms in total. The third kappa shape index (κ3) is 3.09. The molecule has 0 spiro atoms. The Bertz CT molecular complexity index is 309. The molecule has 0 aliphatic heterocycles. The summed E-state index contributed by atoms with van der Waals surface area (Å²) in [7, 11) is 1.50. The van der Waals surface area contributed by atoms with Crippen LogP contribution >= 0.6 is 0 Å². The lowest BCUT2D eigenvalue weighted by molar-refractivity contribution is -0.142. The van der Waals surface area contributed by atoms with Crippen molar-refractivity contribution < 1.29 is 14.7 Å². The molecule has 98 valence electrons. The van der Waals surface area contributed by atoms with Crippen LogP contribution in [0.2, 0.25) is 0 Å². The topological polar surface area (TPSA) is 96.9 Å². The van der Waals surface area contributed by atoms with Gasteiger partial charge in [-0.15, -0.1) is 0 Å². The molecule has 0 heterocycles. The number of amidine groups is 1. The predicted octanol–water partition coefficient (Wildman–Crippen LogP) is 0.443. The maximum absolute atomic E-state index is 12.1. The molecule has 1 saturated carbocycles. The molecule has 0 radical (unpaired) electrons. The zero-order valence-corrected chi connectivity index (χ0v) is 10.6. The number of carbonyl (C=O) groups excluding carboxylic acids is 1. The molecule has 0 aromatic rings. The summed E-state index contributed by atoms with van der Waals surface area (Å²) >= 11 is 0. The van der Waals surface area contributed by atoms with Crippen LogP contribution in [0.4, 0.5) is 0 Å². The van der Waals surface area contributed by atoms with Crippen molar-refractivity contribution in [2.24, 2.45) is 16.8 Å². The molecule has 1 aliphatic rings. The molecule has 1 aliphatic carbocycles. The summed E-state index contributed by atoms with van der Waals surface area (Å²) in [6, 6.07) is -0.395. The van der Waals surface area contributed by atoms with Crippen molar-refractivity contribution in [2.75, 3.05) is 7.11 Å². The molecule has 2 unspecified atom stereocenters. The van der Waals surface area contributed by atoms with E-state index in [1.165, 1.54) is 7.11 Å². The van der Waals surface area contributed by atoms with E-state index >= 15 is 0 Å². The molecule has 1 fully saturated rings. The summed E-state index contributed by atoms with van der Waals surface area (Å²) in [5.41, 5.74) is 4.70. The maximum atomic E-state index is 12.1. The minimum Gasteiger partial charge on any atom is -0.409 e. The van der Waals surface area contributed by atoms with Crippen LogP contribution in [0, 0.1) is 5.92 Å². The second kappa shape index (κ2) is 5.35. The molecule has 1 rings (SSSR count). The summed E-state index contributed by atoms with van der Waals surface area (Å²) in [6.07, 6.45) is 2.52. The van der Waals surface area contributed by atoms with Gasteiger partial charge in [0.1, 0.15) is 5.60 Å². The minimum atomic E-state index is -0.872. The van der Waals surface area contributed by atoms with E-state index in [0.717, 1.165) is 12.8 Å². The lowest BCUT2D eigenvalue weighted by Gasteiger charge is -2.28. The Kier molecular flexibility index (Phi) is 4.34. The number of nitrogens with zero attached hydrogens (tertiary/aromatic N) is 1. The van der Waals surface area contributed by atoms with Crippen LogP contribution in [-0.4, -0.2) is 35.7 Å². The highest BCUT2D eigenvalue weighted by atomic mass is 16.5. The number of amides is 1. The van der Waals surface area contributed by atoms with Crippen molar-refractivity contribution in [1.29, 1.82) is 0 Å². The summed E-state index contributed by atoms with van der Waals surface area (Å²) < 4.78 is 5.21. The molecule has 6 heteroatoms. The van der Waals surface area contributed by atoms with Gasteiger partial charge in [0.2, 0.25) is 0 Å². The van der Waals surface area contributed by atoms with Gasteiger partial charge in [0.15, 0.2) is 5.84 Å². The van der Waals surface area contributed by atoms with E-state index < -0.39 is 11.6 Å². The van der Waals surface area contributed by atoms with Crippen LogP contribution < -0.4 is 11.1 Å². The van der Waals surface area contributed by atoms with E-state index in [2.05, 4.69) is 10.5 Å². The van der Waals surface area contributed by atoms with Gasteiger partial charge in [0.05, 0.1) is 6.04 Å². The molecule has 0 bridgehead atoms. The zero-order chi connectivity index (χ0) is 13.1. The Balaban J connectivity index is 2.70. The molecule has 0 saturated heterocycles. The van der Waals surface area contributed by atoms with Crippen molar-refractivity contribution in [1.82, 2.24) is 5.32 Å². The molecule has 1 amide bonds. The van der Waals surface area contributed by atoms with Crippen LogP contribution in [0.3, 0.4) is 0 Å². The SMILES string of the molecule is CCC(C)(OC)C(=O)NC(C(N)=NO)C1CC1. The Morgan fingerprint density at radius 2 is 2.29 bits per heavy atom. The fraction of sp³-hybridized carbons (Fsp3) is 0.818. The van der Waals surface area contributed by atoms with Gasteiger partial charge < -0.3 is 21.0 Å². The first kappa shape index (κ1) is 13.8. The van der Waals surface area contributed by atoms with E-state index in [1.807, 2.05) is 6.92 Å². The molecule has 0 aromatic carbocycles. The standard InChI is InChI=1S/C11H21N3O3/c1-4-11(2,17-3)10(15)13-8(7-5-6-7)9(12)14-16/h7-8,16H,4-6H2,1-3H3,(H2,12,14)(H,13,15). The van der Waals surface area contributed by atoms with Crippen molar-refractivity contribution in [3.63, 3.8) is 0 Å². The highest BCUT2D eigenvalue weighted by Crippen LogP contribution is 2.33. The highest BCUT2D eigenvalue weighted by molar-refractivity contribution is 5.93. The van der Waals surface area contributed by atoms with Crippen molar-refractivity contribution >= 4 is 11.7 Å². The third-order valence-electron chi connectivity index (χ3n) is 3.42. The largest absolute Gasteiger partial charge is 0.409 e. The number of carbonyl (C=O) groups is 1. The number of nitrogens with two attached hydrogens (primary N) is 1. The van der Waals surface area contributed by atoms with E-state index in [4.69, 9.17) is 15.7 Å². The van der Waals surface area contributed by atoms with Crippen LogP contribution in [0.5, 0.6) is 0 Å². The Morgan fingerprint density at radius 1 is 1.71 bits per heavy atom. The van der Waals surface area contributed by atoms with Gasteiger partial charge in [0, 0.05) is 7.11 Å². The highest BCUT2D eigenvalue weighted by Gasteiger charge is 2.39. The summed E-state index contributed by atoms with van der Waals surface area (Å²) in [5.74, 6) is 0.0919. The van der Waals surface area contributed by atoms with Crippen molar-refractivity contribution in [3.8, 4) is 0 Å². The molecule has 0 aromatic heterocycles. The van der Waals surface area contributed by atoms with Gasteiger partial charge in [-0.25, -0.2) is 0 Å². The number of oxime groups is 1. The van der Waals surface area contributed by atoms with E-state index in [-0.39, 0.29) is 17.7 Å². The molecule has 4 N–H and O–H groups in total. The number of ether oxygens (including phenoxy) is 1. The minimum absolute atomic E-state index is 0.0513. The van der Waals surface area contributed by atoms with Crippen molar-refractivity contribution in [2.45, 2.75) is 44.8 Å². The average molecular weight is 243 g/mol. The Hall–Kier alpha value is -1.30. The quantitative estimate of drug-likeness (QED) is 0.273. The maximum Gasteiger partial charge on any atom is 0.252 e. The van der Waals surface area contributed by atoms with Gasteiger partial charge in [-0.3, -0.25) is 4.79 Å². The van der Waals surface area contributed by atoms with Gasteiger partial charge in [0.25, 0.3) is 5.91 Å². The Labute approximate surface area is 101 Å². The van der Waals surface area contributed by atoms with E-state index in [0.29, 0.717) is 6.42 Å². The summed E-state index contributed by atoms with van der Waals surface area (Å²) in [5, 5.41) is 14.5. The lowest BCUT2D eigenvalue weighted by Crippen LogP contribution is -2.54. The zero-order valence-electron chi connectivity index (χ0n) is 10.6. The normalized spacial score (nSPS) is 21.7. The van der Waals surface area contributed by atoms with Gasteiger partial charge >= 0.3 is 0 Å². The monoisotopic (exact) mass is 243 g/mol. The first-order valence-electron chi connectivity index (χ1n) is 5.82. The van der Waals surface area contributed by atoms with Crippen molar-refractivity contribution in [3.05, 3.63) is 0 Å². The van der Waals surface area contributed by atoms with Gasteiger partial charge in [-0.2, -0.15) is 0 Å². The summed E-state index contributed by atoms with van der Waals surface area (Å²) in [4.78, 5) is 12.1. The van der Waals surface area contributed by atoms with Crippen LogP contribution in [0.25, 0.3) is 0 Å². The van der Waals surface area contributed by atoms with Gasteiger partial charge in [-0.1, -0.05) is 12.1 Å². The van der Waals surface area contributed by atoms with Gasteiger partial charge in [-0.05, 0) is 32.1 Å². The van der Waals surface area contributed by atoms with Crippen LogP contribution in [0.15, 0.2) is 5.16 Å². The van der Waals surface area contributed by atoms with Crippen LogP contribution in [-0.2, 0) is 9.53 Å². The third-order valence-corrected chi connectivity index (χ3v) is 3.42. The number of nitrogens with one attached hydrogen (secondary N) is 1. The number of hydrogen-bond donors (Lipinski definition) is 3. The second-order valence-electron chi connectivity index (χ2n) is 4.60. The molecular formula is C11H21N3O3. The number of methoxy groups -OCH3 is 1. The lowest BCUT2D eigenvalue weighted by atomic mass is 10.0. The number of hydrogen-bond acceptors (Lipinski definition) is 4. The second-order valence-corrected chi connectivity index (χ2v) is 4.60. The molecule has 2 atom stereocenters. The average Bonchev–Trinajstić information content (AvgIpc) is 3.17. The Morgan fingerprint density at radius 3 is 2.65 bits per heavy atom. The van der Waals surface area contributed by atoms with Crippen LogP contribution in [0.1, 0.15) is 33.1 Å². The smallest absolute Gasteiger partial charge is 0.252 e. The fourth-order valence-electron chi connectivity index (χ4n) is 1.62. The number of rotatable bonds is 6.